The minimum Gasteiger partial charge on any atom is -0.488 e. The molecule has 5 heteroatoms. The molecule has 3 unspecified atom stereocenters. The molecule has 0 aliphatic heterocycles. The number of benzene rings is 1. The van der Waals surface area contributed by atoms with E-state index in [1.807, 2.05) is 25.2 Å². The van der Waals surface area contributed by atoms with E-state index in [2.05, 4.69) is 12.2 Å². The Labute approximate surface area is 131 Å². The summed E-state index contributed by atoms with van der Waals surface area (Å²) in [6.45, 7) is 3.27. The number of hydrogen-bond acceptors (Lipinski definition) is 4. The molecule has 1 N–H and O–H groups in total. The zero-order valence-corrected chi connectivity index (χ0v) is 13.7. The Balaban J connectivity index is 1.95. The average Bonchev–Trinajstić information content (AvgIpc) is 2.49. The van der Waals surface area contributed by atoms with Gasteiger partial charge in [0.2, 0.25) is 0 Å². The molecule has 0 spiro atoms. The third kappa shape index (κ3) is 4.10. The van der Waals surface area contributed by atoms with Gasteiger partial charge < -0.3 is 19.5 Å². The topological polar surface area (TPSA) is 39.7 Å². The minimum absolute atomic E-state index is 0.0610. The molecule has 1 saturated carbocycles. The van der Waals surface area contributed by atoms with Crippen LogP contribution in [0.1, 0.15) is 18.9 Å². The molecule has 3 atom stereocenters. The molecule has 1 fully saturated rings. The van der Waals surface area contributed by atoms with E-state index in [1.54, 1.807) is 7.11 Å². The first kappa shape index (κ1) is 16.6. The molecule has 21 heavy (non-hydrogen) atoms. The first-order valence-electron chi connectivity index (χ1n) is 7.42. The van der Waals surface area contributed by atoms with Crippen LogP contribution in [0, 0.1) is 0 Å². The summed E-state index contributed by atoms with van der Waals surface area (Å²) in [5, 5.41) is 4.05. The predicted octanol–water partition coefficient (Wildman–Crippen LogP) is 2.67. The summed E-state index contributed by atoms with van der Waals surface area (Å²) < 4.78 is 16.9. The first-order chi connectivity index (χ1) is 10.2. The Bertz CT molecular complexity index is 455. The fraction of sp³-hybridized carbons (Fsp3) is 0.625. The van der Waals surface area contributed by atoms with Crippen LogP contribution in [-0.4, -0.2) is 45.6 Å². The van der Waals surface area contributed by atoms with Crippen LogP contribution in [0.5, 0.6) is 5.75 Å². The van der Waals surface area contributed by atoms with Crippen molar-refractivity contribution < 1.29 is 14.2 Å². The van der Waals surface area contributed by atoms with Crippen LogP contribution in [0.4, 0.5) is 0 Å². The van der Waals surface area contributed by atoms with E-state index in [1.165, 1.54) is 0 Å². The molecule has 1 aliphatic carbocycles. The first-order valence-corrected chi connectivity index (χ1v) is 7.80. The lowest BCUT2D eigenvalue weighted by molar-refractivity contribution is -0.114. The zero-order valence-electron chi connectivity index (χ0n) is 12.9. The van der Waals surface area contributed by atoms with Crippen LogP contribution in [-0.2, 0) is 15.9 Å². The maximum atomic E-state index is 6.14. The minimum atomic E-state index is 0.0610. The highest BCUT2D eigenvalue weighted by molar-refractivity contribution is 6.31. The lowest BCUT2D eigenvalue weighted by Crippen LogP contribution is -2.60. The number of aryl methyl sites for hydroxylation is 1. The Hall–Kier alpha value is -0.810. The van der Waals surface area contributed by atoms with Crippen molar-refractivity contribution in [2.45, 2.75) is 38.0 Å². The van der Waals surface area contributed by atoms with Crippen molar-refractivity contribution in [1.29, 1.82) is 0 Å². The Morgan fingerprint density at radius 3 is 2.81 bits per heavy atom. The summed E-state index contributed by atoms with van der Waals surface area (Å²) in [4.78, 5) is 0. The largest absolute Gasteiger partial charge is 0.488 e. The maximum absolute atomic E-state index is 6.14. The summed E-state index contributed by atoms with van der Waals surface area (Å²) in [7, 11) is 3.62. The van der Waals surface area contributed by atoms with E-state index in [4.69, 9.17) is 25.8 Å². The monoisotopic (exact) mass is 313 g/mol. The third-order valence-corrected chi connectivity index (χ3v) is 4.27. The number of likely N-dealkylation sites (N-methyl/N-ethyl adjacent to an activating group) is 1. The van der Waals surface area contributed by atoms with Gasteiger partial charge >= 0.3 is 0 Å². The second-order valence-electron chi connectivity index (χ2n) is 5.22. The molecule has 0 saturated heterocycles. The van der Waals surface area contributed by atoms with Crippen molar-refractivity contribution in [3.63, 3.8) is 0 Å². The van der Waals surface area contributed by atoms with Crippen molar-refractivity contribution in [3.8, 4) is 5.75 Å². The summed E-state index contributed by atoms with van der Waals surface area (Å²) in [6.07, 6.45) is 1.97. The van der Waals surface area contributed by atoms with Crippen molar-refractivity contribution in [2.24, 2.45) is 0 Å². The van der Waals surface area contributed by atoms with E-state index in [0.29, 0.717) is 19.3 Å². The molecule has 0 aromatic heterocycles. The van der Waals surface area contributed by atoms with Gasteiger partial charge in [0.25, 0.3) is 0 Å². The number of ether oxygens (including phenoxy) is 3. The van der Waals surface area contributed by atoms with Crippen LogP contribution in [0.2, 0.25) is 5.02 Å². The second kappa shape index (κ2) is 7.99. The highest BCUT2D eigenvalue weighted by Gasteiger charge is 2.43. The summed E-state index contributed by atoms with van der Waals surface area (Å²) in [5.74, 6) is 0.858. The standard InChI is InChI=1S/C16H24ClNO3/c1-4-11-9-12(5-6-13(11)17)21-15-10-14(18-2)16(15)20-8-7-19-3/h5-6,9,14-16,18H,4,7-8,10H2,1-3H3. The number of nitrogens with one attached hydrogen (secondary N) is 1. The van der Waals surface area contributed by atoms with E-state index in [9.17, 15) is 0 Å². The fourth-order valence-electron chi connectivity index (χ4n) is 2.54. The maximum Gasteiger partial charge on any atom is 0.128 e. The smallest absolute Gasteiger partial charge is 0.128 e. The highest BCUT2D eigenvalue weighted by atomic mass is 35.5. The van der Waals surface area contributed by atoms with E-state index in [0.717, 1.165) is 29.2 Å². The Kier molecular flexibility index (Phi) is 6.30. The number of rotatable bonds is 8. The van der Waals surface area contributed by atoms with Gasteiger partial charge in [0, 0.05) is 24.6 Å². The van der Waals surface area contributed by atoms with Gasteiger partial charge in [-0.2, -0.15) is 0 Å². The molecular formula is C16H24ClNO3. The molecule has 0 amide bonds. The number of halogens is 1. The lowest BCUT2D eigenvalue weighted by Gasteiger charge is -2.43. The quantitative estimate of drug-likeness (QED) is 0.749. The molecule has 0 radical (unpaired) electrons. The van der Waals surface area contributed by atoms with Crippen LogP contribution in [0.3, 0.4) is 0 Å². The number of hydrogen-bond donors (Lipinski definition) is 1. The van der Waals surface area contributed by atoms with Gasteiger partial charge in [0.15, 0.2) is 0 Å². The van der Waals surface area contributed by atoms with E-state index >= 15 is 0 Å². The van der Waals surface area contributed by atoms with Crippen LogP contribution in [0.15, 0.2) is 18.2 Å². The SMILES string of the molecule is CCc1cc(OC2CC(NC)C2OCCOC)ccc1Cl. The van der Waals surface area contributed by atoms with Crippen molar-refractivity contribution in [1.82, 2.24) is 5.32 Å². The predicted molar refractivity (Wildman–Crippen MR) is 84.3 cm³/mol. The summed E-state index contributed by atoms with van der Waals surface area (Å²) >= 11 is 6.14. The van der Waals surface area contributed by atoms with Gasteiger partial charge in [-0.3, -0.25) is 0 Å². The fourth-order valence-corrected chi connectivity index (χ4v) is 2.79. The molecule has 118 valence electrons. The molecule has 1 aliphatic rings. The molecule has 1 aromatic carbocycles. The summed E-state index contributed by atoms with van der Waals surface area (Å²) in [5.41, 5.74) is 1.11. The Morgan fingerprint density at radius 1 is 1.33 bits per heavy atom. The van der Waals surface area contributed by atoms with Crippen LogP contribution in [0.25, 0.3) is 0 Å². The molecular weight excluding hydrogens is 290 g/mol. The third-order valence-electron chi connectivity index (χ3n) is 3.90. The van der Waals surface area contributed by atoms with Crippen molar-refractivity contribution >= 4 is 11.6 Å². The summed E-state index contributed by atoms with van der Waals surface area (Å²) in [6, 6.07) is 6.16. The molecule has 0 bridgehead atoms. The zero-order chi connectivity index (χ0) is 15.2. The van der Waals surface area contributed by atoms with Gasteiger partial charge in [-0.25, -0.2) is 0 Å². The molecule has 2 rings (SSSR count). The number of methoxy groups -OCH3 is 1. The van der Waals surface area contributed by atoms with Crippen molar-refractivity contribution in [3.05, 3.63) is 28.8 Å². The van der Waals surface area contributed by atoms with Crippen LogP contribution >= 0.6 is 11.6 Å². The van der Waals surface area contributed by atoms with Gasteiger partial charge in [0.05, 0.1) is 13.2 Å². The lowest BCUT2D eigenvalue weighted by atomic mass is 9.85. The Morgan fingerprint density at radius 2 is 2.14 bits per heavy atom. The van der Waals surface area contributed by atoms with Gasteiger partial charge in [0.1, 0.15) is 18.0 Å². The average molecular weight is 314 g/mol. The molecule has 4 nitrogen and oxygen atoms in total. The van der Waals surface area contributed by atoms with E-state index in [-0.39, 0.29) is 12.2 Å². The molecule has 1 aromatic rings. The van der Waals surface area contributed by atoms with Gasteiger partial charge in [-0.15, -0.1) is 0 Å². The van der Waals surface area contributed by atoms with Crippen molar-refractivity contribution in [2.75, 3.05) is 27.4 Å². The van der Waals surface area contributed by atoms with Gasteiger partial charge in [-0.05, 0) is 37.2 Å². The van der Waals surface area contributed by atoms with Gasteiger partial charge in [-0.1, -0.05) is 18.5 Å². The second-order valence-corrected chi connectivity index (χ2v) is 5.63. The highest BCUT2D eigenvalue weighted by Crippen LogP contribution is 2.30. The van der Waals surface area contributed by atoms with E-state index < -0.39 is 0 Å². The molecule has 0 heterocycles. The normalized spacial score (nSPS) is 24.7. The van der Waals surface area contributed by atoms with Crippen LogP contribution < -0.4 is 10.1 Å².